The van der Waals surface area contributed by atoms with E-state index in [1.165, 1.54) is 27.7 Å². The number of amides is 1. The summed E-state index contributed by atoms with van der Waals surface area (Å²) >= 11 is 0. The Hall–Kier alpha value is -4.75. The molecule has 1 N–H and O–H groups in total. The predicted molar refractivity (Wildman–Crippen MR) is 126 cm³/mol. The lowest BCUT2D eigenvalue weighted by atomic mass is 10.1. The molecule has 1 amide bonds. The first kappa shape index (κ1) is 26.3. The normalized spacial score (nSPS) is 11.4. The Morgan fingerprint density at radius 2 is 1.89 bits per heavy atom. The number of anilines is 1. The largest absolute Gasteiger partial charge is 0.464 e. The average Bonchev–Trinajstić information content (AvgIpc) is 3.43. The number of hydrogen-bond acceptors (Lipinski definition) is 6. The van der Waals surface area contributed by atoms with Gasteiger partial charge in [0.05, 0.1) is 34.1 Å². The minimum Gasteiger partial charge on any atom is -0.464 e. The highest BCUT2D eigenvalue weighted by molar-refractivity contribution is 6.03. The zero-order valence-corrected chi connectivity index (χ0v) is 20.0. The second kappa shape index (κ2) is 10.3. The molecule has 0 aliphatic rings. The van der Waals surface area contributed by atoms with Gasteiger partial charge in [0.1, 0.15) is 5.82 Å². The van der Waals surface area contributed by atoms with E-state index in [4.69, 9.17) is 4.74 Å². The van der Waals surface area contributed by atoms with Gasteiger partial charge in [-0.15, -0.1) is 0 Å². The van der Waals surface area contributed by atoms with Crippen molar-refractivity contribution in [1.29, 1.82) is 0 Å². The van der Waals surface area contributed by atoms with Gasteiger partial charge in [-0.25, -0.2) is 9.07 Å². The fraction of sp³-hybridized carbons (Fsp3) is 0.208. The molecule has 0 spiro atoms. The van der Waals surface area contributed by atoms with Gasteiger partial charge in [-0.05, 0) is 43.7 Å². The quantitative estimate of drug-likeness (QED) is 0.192. The molecule has 0 unspecified atom stereocenters. The number of aromatic nitrogens is 4. The van der Waals surface area contributed by atoms with Crippen molar-refractivity contribution in [1.82, 2.24) is 19.6 Å². The van der Waals surface area contributed by atoms with Gasteiger partial charge in [-0.3, -0.25) is 19.6 Å². The van der Waals surface area contributed by atoms with Crippen molar-refractivity contribution in [3.63, 3.8) is 0 Å². The van der Waals surface area contributed by atoms with Crippen LogP contribution >= 0.6 is 0 Å². The van der Waals surface area contributed by atoms with E-state index in [1.807, 2.05) is 0 Å². The maximum Gasteiger partial charge on any atom is 0.416 e. The highest BCUT2D eigenvalue weighted by Crippen LogP contribution is 2.30. The summed E-state index contributed by atoms with van der Waals surface area (Å²) in [6.07, 6.45) is -3.07. The summed E-state index contributed by atoms with van der Waals surface area (Å²) in [6, 6.07) is 9.07. The summed E-state index contributed by atoms with van der Waals surface area (Å²) in [5, 5.41) is 22.2. The first-order valence-electron chi connectivity index (χ1n) is 11.0. The Bertz CT molecular complexity index is 1510. The van der Waals surface area contributed by atoms with Crippen molar-refractivity contribution < 1.29 is 32.0 Å². The van der Waals surface area contributed by atoms with Gasteiger partial charge in [-0.2, -0.15) is 23.4 Å². The average molecular weight is 532 g/mol. The number of aryl methyl sites for hydroxylation is 1. The van der Waals surface area contributed by atoms with Crippen molar-refractivity contribution in [2.75, 3.05) is 5.32 Å². The number of ether oxygens (including phenoxy) is 1. The Kier molecular flexibility index (Phi) is 7.15. The molecule has 0 saturated carbocycles. The highest BCUT2D eigenvalue weighted by atomic mass is 19.4. The molecular weight excluding hydrogens is 512 g/mol. The van der Waals surface area contributed by atoms with Gasteiger partial charge >= 0.3 is 11.9 Å². The van der Waals surface area contributed by atoms with Gasteiger partial charge in [-0.1, -0.05) is 12.1 Å². The maximum absolute atomic E-state index is 13.5. The van der Waals surface area contributed by atoms with Crippen molar-refractivity contribution in [2.45, 2.75) is 33.3 Å². The van der Waals surface area contributed by atoms with Crippen LogP contribution in [0.15, 0.2) is 54.7 Å². The number of nitro benzene ring substituents is 1. The Labute approximate surface area is 212 Å². The van der Waals surface area contributed by atoms with Crippen molar-refractivity contribution >= 4 is 17.3 Å². The molecule has 38 heavy (non-hydrogen) atoms. The standard InChI is InChI=1S/C24H20F4N6O4/c1-14-22(15(2)33(30-14)12-16-4-3-5-17(10-16)24(26,27)28)29-23(35)19-8-9-32(31-19)13-38-21-11-18(25)6-7-20(21)34(36)37/h3-11H,12-13H2,1-2H3,(H,29,35). The molecule has 2 heterocycles. The van der Waals surface area contributed by atoms with Crippen molar-refractivity contribution in [3.05, 3.63) is 98.9 Å². The molecule has 10 nitrogen and oxygen atoms in total. The molecule has 0 aliphatic carbocycles. The molecule has 2 aromatic heterocycles. The lowest BCUT2D eigenvalue weighted by molar-refractivity contribution is -0.386. The number of nitrogens with one attached hydrogen (secondary N) is 1. The molecule has 0 radical (unpaired) electrons. The van der Waals surface area contributed by atoms with E-state index in [2.05, 4.69) is 15.5 Å². The molecule has 198 valence electrons. The molecule has 0 bridgehead atoms. The highest BCUT2D eigenvalue weighted by Gasteiger charge is 2.30. The summed E-state index contributed by atoms with van der Waals surface area (Å²) in [6.45, 7) is 3.04. The molecule has 4 rings (SSSR count). The van der Waals surface area contributed by atoms with Crippen LogP contribution in [0.1, 0.15) is 33.0 Å². The first-order valence-corrected chi connectivity index (χ1v) is 11.0. The Morgan fingerprint density at radius 1 is 1.13 bits per heavy atom. The monoisotopic (exact) mass is 532 g/mol. The van der Waals surface area contributed by atoms with E-state index in [9.17, 15) is 32.5 Å². The van der Waals surface area contributed by atoms with Gasteiger partial charge in [0.2, 0.25) is 5.75 Å². The number of halogens is 4. The van der Waals surface area contributed by atoms with E-state index in [1.54, 1.807) is 19.9 Å². The maximum atomic E-state index is 13.5. The summed E-state index contributed by atoms with van der Waals surface area (Å²) < 4.78 is 60.6. The number of nitro groups is 1. The van der Waals surface area contributed by atoms with Crippen LogP contribution in [-0.4, -0.2) is 30.4 Å². The number of benzene rings is 2. The third-order valence-electron chi connectivity index (χ3n) is 5.55. The van der Waals surface area contributed by atoms with Crippen LogP contribution in [0.2, 0.25) is 0 Å². The van der Waals surface area contributed by atoms with Gasteiger partial charge < -0.3 is 10.1 Å². The van der Waals surface area contributed by atoms with Crippen LogP contribution in [0, 0.1) is 29.8 Å². The fourth-order valence-corrected chi connectivity index (χ4v) is 3.67. The molecule has 0 saturated heterocycles. The van der Waals surface area contributed by atoms with Crippen LogP contribution in [0.5, 0.6) is 5.75 Å². The van der Waals surface area contributed by atoms with Crippen LogP contribution < -0.4 is 10.1 Å². The number of rotatable bonds is 8. The lowest BCUT2D eigenvalue weighted by Crippen LogP contribution is -2.15. The number of carbonyl (C=O) groups excluding carboxylic acids is 1. The van der Waals surface area contributed by atoms with Crippen molar-refractivity contribution in [3.8, 4) is 5.75 Å². The summed E-state index contributed by atoms with van der Waals surface area (Å²) in [5.41, 5.74) is 0.537. The molecular formula is C24H20F4N6O4. The molecule has 0 aliphatic heterocycles. The van der Waals surface area contributed by atoms with Gasteiger partial charge in [0, 0.05) is 18.3 Å². The van der Waals surface area contributed by atoms with Crippen LogP contribution in [0.3, 0.4) is 0 Å². The van der Waals surface area contributed by atoms with Crippen LogP contribution in [0.4, 0.5) is 28.9 Å². The van der Waals surface area contributed by atoms with E-state index < -0.39 is 34.1 Å². The second-order valence-electron chi connectivity index (χ2n) is 8.24. The Balaban J connectivity index is 1.44. The lowest BCUT2D eigenvalue weighted by Gasteiger charge is -2.10. The minimum atomic E-state index is -4.47. The topological polar surface area (TPSA) is 117 Å². The second-order valence-corrected chi connectivity index (χ2v) is 8.24. The zero-order chi connectivity index (χ0) is 27.6. The number of hydrogen-bond donors (Lipinski definition) is 1. The van der Waals surface area contributed by atoms with Crippen molar-refractivity contribution in [2.24, 2.45) is 0 Å². The third-order valence-corrected chi connectivity index (χ3v) is 5.55. The SMILES string of the molecule is Cc1nn(Cc2cccc(C(F)(F)F)c2)c(C)c1NC(=O)c1ccn(COc2cc(F)ccc2[N+](=O)[O-])n1. The third kappa shape index (κ3) is 5.79. The van der Waals surface area contributed by atoms with Crippen LogP contribution in [-0.2, 0) is 19.5 Å². The fourth-order valence-electron chi connectivity index (χ4n) is 3.67. The molecule has 0 atom stereocenters. The number of carbonyl (C=O) groups is 1. The van der Waals surface area contributed by atoms with Gasteiger partial charge in [0.15, 0.2) is 12.4 Å². The predicted octanol–water partition coefficient (Wildman–Crippen LogP) is 5.10. The summed E-state index contributed by atoms with van der Waals surface area (Å²) in [7, 11) is 0. The van der Waals surface area contributed by atoms with E-state index in [0.717, 1.165) is 30.3 Å². The number of nitrogens with zero attached hydrogens (tertiary/aromatic N) is 5. The zero-order valence-electron chi connectivity index (χ0n) is 20.0. The smallest absolute Gasteiger partial charge is 0.416 e. The summed E-state index contributed by atoms with van der Waals surface area (Å²) in [5.74, 6) is -1.60. The molecule has 14 heteroatoms. The van der Waals surface area contributed by atoms with E-state index >= 15 is 0 Å². The van der Waals surface area contributed by atoms with E-state index in [-0.39, 0.29) is 24.7 Å². The first-order chi connectivity index (χ1) is 17.9. The Morgan fingerprint density at radius 3 is 2.61 bits per heavy atom. The summed E-state index contributed by atoms with van der Waals surface area (Å²) in [4.78, 5) is 23.2. The number of alkyl halides is 3. The molecule has 4 aromatic rings. The minimum absolute atomic E-state index is 0.00762. The molecule has 0 fully saturated rings. The molecule has 2 aromatic carbocycles. The van der Waals surface area contributed by atoms with E-state index in [0.29, 0.717) is 22.6 Å². The van der Waals surface area contributed by atoms with Crippen LogP contribution in [0.25, 0.3) is 0 Å². The van der Waals surface area contributed by atoms with Gasteiger partial charge in [0.25, 0.3) is 5.91 Å².